The maximum absolute atomic E-state index is 5.43. The standard InChI is InChI=1S/C9H12N2O/c1-7(10)11-8-4-3-5-9(6-8)12-2/h3-6H,1-2H3,(H2,10,11). The lowest BCUT2D eigenvalue weighted by molar-refractivity contribution is 0.415. The lowest BCUT2D eigenvalue weighted by Gasteiger charge is -1.99. The molecule has 0 aliphatic carbocycles. The fraction of sp³-hybridized carbons (Fsp3) is 0.222. The monoisotopic (exact) mass is 164 g/mol. The van der Waals surface area contributed by atoms with Gasteiger partial charge in [0.15, 0.2) is 0 Å². The number of aliphatic imine (C=N–C) groups is 1. The van der Waals surface area contributed by atoms with Crippen molar-refractivity contribution in [3.8, 4) is 5.75 Å². The number of rotatable bonds is 2. The van der Waals surface area contributed by atoms with Gasteiger partial charge in [-0.1, -0.05) is 6.07 Å². The molecule has 0 bridgehead atoms. The predicted molar refractivity (Wildman–Crippen MR) is 50.0 cm³/mol. The highest BCUT2D eigenvalue weighted by Gasteiger charge is 1.92. The molecule has 0 atom stereocenters. The molecule has 2 N–H and O–H groups in total. The maximum Gasteiger partial charge on any atom is 0.121 e. The molecule has 0 heterocycles. The lowest BCUT2D eigenvalue weighted by Crippen LogP contribution is -2.03. The van der Waals surface area contributed by atoms with Crippen LogP contribution in [-0.4, -0.2) is 12.9 Å². The van der Waals surface area contributed by atoms with Crippen molar-refractivity contribution < 1.29 is 4.74 Å². The second-order valence-electron chi connectivity index (χ2n) is 2.45. The Morgan fingerprint density at radius 3 is 2.83 bits per heavy atom. The summed E-state index contributed by atoms with van der Waals surface area (Å²) in [6.07, 6.45) is 0. The van der Waals surface area contributed by atoms with Gasteiger partial charge in [-0.25, -0.2) is 4.99 Å². The third-order valence-electron chi connectivity index (χ3n) is 1.36. The van der Waals surface area contributed by atoms with E-state index in [9.17, 15) is 0 Å². The number of nitrogens with two attached hydrogens (primary N) is 1. The smallest absolute Gasteiger partial charge is 0.121 e. The van der Waals surface area contributed by atoms with Gasteiger partial charge in [-0.3, -0.25) is 0 Å². The van der Waals surface area contributed by atoms with Crippen LogP contribution in [-0.2, 0) is 0 Å². The zero-order valence-electron chi connectivity index (χ0n) is 7.24. The molecule has 0 fully saturated rings. The highest BCUT2D eigenvalue weighted by atomic mass is 16.5. The van der Waals surface area contributed by atoms with Crippen LogP contribution in [0.3, 0.4) is 0 Å². The summed E-state index contributed by atoms with van der Waals surface area (Å²) >= 11 is 0. The highest BCUT2D eigenvalue weighted by Crippen LogP contribution is 2.18. The van der Waals surface area contributed by atoms with Crippen molar-refractivity contribution >= 4 is 11.5 Å². The molecular formula is C9H12N2O. The Kier molecular flexibility index (Phi) is 2.69. The fourth-order valence-corrected chi connectivity index (χ4v) is 0.884. The van der Waals surface area contributed by atoms with Crippen LogP contribution < -0.4 is 10.5 Å². The SMILES string of the molecule is COc1cccc(N=C(C)N)c1. The molecule has 0 unspecified atom stereocenters. The Hall–Kier alpha value is -1.51. The summed E-state index contributed by atoms with van der Waals surface area (Å²) in [6, 6.07) is 7.45. The zero-order valence-corrected chi connectivity index (χ0v) is 7.24. The van der Waals surface area contributed by atoms with Crippen LogP contribution in [0.25, 0.3) is 0 Å². The molecule has 0 aromatic heterocycles. The van der Waals surface area contributed by atoms with Gasteiger partial charge in [0, 0.05) is 6.07 Å². The second-order valence-corrected chi connectivity index (χ2v) is 2.45. The van der Waals surface area contributed by atoms with E-state index in [-0.39, 0.29) is 0 Å². The number of methoxy groups -OCH3 is 1. The Morgan fingerprint density at radius 1 is 1.50 bits per heavy atom. The average Bonchev–Trinajstić information content (AvgIpc) is 2.03. The first-order valence-corrected chi connectivity index (χ1v) is 3.67. The molecule has 0 radical (unpaired) electrons. The molecule has 12 heavy (non-hydrogen) atoms. The lowest BCUT2D eigenvalue weighted by atomic mass is 10.3. The van der Waals surface area contributed by atoms with Gasteiger partial charge in [-0.05, 0) is 19.1 Å². The summed E-state index contributed by atoms with van der Waals surface area (Å²) in [4.78, 5) is 4.08. The van der Waals surface area contributed by atoms with Crippen LogP contribution in [0.2, 0.25) is 0 Å². The van der Waals surface area contributed by atoms with Gasteiger partial charge in [0.2, 0.25) is 0 Å². The summed E-state index contributed by atoms with van der Waals surface area (Å²) in [5.74, 6) is 1.33. The van der Waals surface area contributed by atoms with Gasteiger partial charge < -0.3 is 10.5 Å². The Labute approximate surface area is 71.9 Å². The summed E-state index contributed by atoms with van der Waals surface area (Å²) in [5, 5.41) is 0. The van der Waals surface area contributed by atoms with Crippen molar-refractivity contribution in [2.75, 3.05) is 7.11 Å². The molecule has 3 heteroatoms. The molecule has 0 saturated carbocycles. The minimum absolute atomic E-state index is 0.545. The molecule has 0 aliphatic rings. The Morgan fingerprint density at radius 2 is 2.25 bits per heavy atom. The van der Waals surface area contributed by atoms with Crippen LogP contribution in [0, 0.1) is 0 Å². The van der Waals surface area contributed by atoms with Crippen molar-refractivity contribution in [3.05, 3.63) is 24.3 Å². The quantitative estimate of drug-likeness (QED) is 0.534. The van der Waals surface area contributed by atoms with E-state index in [0.29, 0.717) is 5.84 Å². The summed E-state index contributed by atoms with van der Waals surface area (Å²) in [7, 11) is 1.62. The van der Waals surface area contributed by atoms with Gasteiger partial charge in [0.1, 0.15) is 5.75 Å². The number of amidine groups is 1. The average molecular weight is 164 g/mol. The minimum atomic E-state index is 0.545. The van der Waals surface area contributed by atoms with Crippen LogP contribution in [0.15, 0.2) is 29.3 Å². The zero-order chi connectivity index (χ0) is 8.97. The molecule has 3 nitrogen and oxygen atoms in total. The molecule has 1 aromatic rings. The van der Waals surface area contributed by atoms with Crippen molar-refractivity contribution in [1.82, 2.24) is 0 Å². The predicted octanol–water partition coefficient (Wildman–Crippen LogP) is 1.70. The van der Waals surface area contributed by atoms with Gasteiger partial charge in [-0.15, -0.1) is 0 Å². The molecule has 0 saturated heterocycles. The van der Waals surface area contributed by atoms with Crippen molar-refractivity contribution in [1.29, 1.82) is 0 Å². The molecule has 1 aromatic carbocycles. The van der Waals surface area contributed by atoms with Crippen molar-refractivity contribution in [2.45, 2.75) is 6.92 Å². The van der Waals surface area contributed by atoms with E-state index in [4.69, 9.17) is 10.5 Å². The second kappa shape index (κ2) is 3.76. The van der Waals surface area contributed by atoms with Gasteiger partial charge in [0.25, 0.3) is 0 Å². The highest BCUT2D eigenvalue weighted by molar-refractivity contribution is 5.80. The van der Waals surface area contributed by atoms with E-state index >= 15 is 0 Å². The third kappa shape index (κ3) is 2.27. The minimum Gasteiger partial charge on any atom is -0.497 e. The van der Waals surface area contributed by atoms with E-state index < -0.39 is 0 Å². The van der Waals surface area contributed by atoms with Crippen LogP contribution in [0.5, 0.6) is 5.75 Å². The van der Waals surface area contributed by atoms with E-state index in [1.807, 2.05) is 24.3 Å². The summed E-state index contributed by atoms with van der Waals surface area (Å²) in [5.41, 5.74) is 6.24. The maximum atomic E-state index is 5.43. The first kappa shape index (κ1) is 8.59. The molecule has 0 amide bonds. The van der Waals surface area contributed by atoms with E-state index in [2.05, 4.69) is 4.99 Å². The fourth-order valence-electron chi connectivity index (χ4n) is 0.884. The van der Waals surface area contributed by atoms with Crippen molar-refractivity contribution in [3.63, 3.8) is 0 Å². The van der Waals surface area contributed by atoms with Gasteiger partial charge in [-0.2, -0.15) is 0 Å². The molecular weight excluding hydrogens is 152 g/mol. The summed E-state index contributed by atoms with van der Waals surface area (Å²) in [6.45, 7) is 1.75. The Bertz CT molecular complexity index is 290. The number of hydrogen-bond acceptors (Lipinski definition) is 2. The molecule has 1 rings (SSSR count). The first-order valence-electron chi connectivity index (χ1n) is 3.67. The van der Waals surface area contributed by atoms with Gasteiger partial charge in [0.05, 0.1) is 18.6 Å². The molecule has 0 aliphatic heterocycles. The third-order valence-corrected chi connectivity index (χ3v) is 1.36. The van der Waals surface area contributed by atoms with E-state index in [1.165, 1.54) is 0 Å². The van der Waals surface area contributed by atoms with Crippen LogP contribution >= 0.6 is 0 Å². The van der Waals surface area contributed by atoms with Crippen molar-refractivity contribution in [2.24, 2.45) is 10.7 Å². The van der Waals surface area contributed by atoms with E-state index in [0.717, 1.165) is 11.4 Å². The first-order chi connectivity index (χ1) is 5.72. The Balaban J connectivity index is 2.94. The van der Waals surface area contributed by atoms with Gasteiger partial charge >= 0.3 is 0 Å². The molecule has 64 valence electrons. The largest absolute Gasteiger partial charge is 0.497 e. The number of hydrogen-bond donors (Lipinski definition) is 1. The number of benzene rings is 1. The number of nitrogens with zero attached hydrogens (tertiary/aromatic N) is 1. The normalized spacial score (nSPS) is 11.3. The van der Waals surface area contributed by atoms with Crippen LogP contribution in [0.4, 0.5) is 5.69 Å². The van der Waals surface area contributed by atoms with Crippen LogP contribution in [0.1, 0.15) is 6.92 Å². The van der Waals surface area contributed by atoms with E-state index in [1.54, 1.807) is 14.0 Å². The summed E-state index contributed by atoms with van der Waals surface area (Å²) < 4.78 is 5.03. The number of ether oxygens (including phenoxy) is 1. The molecule has 0 spiro atoms. The topological polar surface area (TPSA) is 47.6 Å².